The van der Waals surface area contributed by atoms with Crippen LogP contribution in [0.5, 0.6) is 0 Å². The molecule has 10 heavy (non-hydrogen) atoms. The van der Waals surface area contributed by atoms with Gasteiger partial charge in [0, 0.05) is 19.1 Å². The molecule has 0 unspecified atom stereocenters. The van der Waals surface area contributed by atoms with E-state index < -0.39 is 0 Å². The second kappa shape index (κ2) is 3.91. The van der Waals surface area contributed by atoms with E-state index in [9.17, 15) is 0 Å². The summed E-state index contributed by atoms with van der Waals surface area (Å²) in [7, 11) is 3.76. The first kappa shape index (κ1) is 7.98. The summed E-state index contributed by atoms with van der Waals surface area (Å²) in [5, 5.41) is 5.27. The minimum atomic E-state index is 0.700. The van der Waals surface area contributed by atoms with Gasteiger partial charge in [-0.3, -0.25) is 0 Å². The van der Waals surface area contributed by atoms with Gasteiger partial charge >= 0.3 is 0 Å². The van der Waals surface area contributed by atoms with Gasteiger partial charge in [0.25, 0.3) is 0 Å². The number of rotatable bonds is 2. The van der Waals surface area contributed by atoms with Crippen LogP contribution < -0.4 is 5.32 Å². The van der Waals surface area contributed by atoms with E-state index in [4.69, 9.17) is 4.84 Å². The molecule has 0 spiro atoms. The highest BCUT2D eigenvalue weighted by Gasteiger charge is 2.16. The summed E-state index contributed by atoms with van der Waals surface area (Å²) in [6.07, 6.45) is 2.40. The third-order valence-corrected chi connectivity index (χ3v) is 2.12. The van der Waals surface area contributed by atoms with Crippen LogP contribution in [0.4, 0.5) is 0 Å². The molecule has 1 fully saturated rings. The molecule has 3 nitrogen and oxygen atoms in total. The number of nitrogens with zero attached hydrogens (tertiary/aromatic N) is 1. The van der Waals surface area contributed by atoms with Crippen LogP contribution in [0.2, 0.25) is 0 Å². The molecule has 1 rings (SSSR count). The third-order valence-electron chi connectivity index (χ3n) is 2.12. The lowest BCUT2D eigenvalue weighted by Crippen LogP contribution is -2.40. The van der Waals surface area contributed by atoms with Gasteiger partial charge in [0.1, 0.15) is 0 Å². The van der Waals surface area contributed by atoms with Crippen LogP contribution in [0.3, 0.4) is 0 Å². The zero-order valence-electron chi connectivity index (χ0n) is 6.76. The Kier molecular flexibility index (Phi) is 3.12. The SMILES string of the molecule is CNC1CCN(OC)CC1. The summed E-state index contributed by atoms with van der Waals surface area (Å²) in [4.78, 5) is 5.09. The van der Waals surface area contributed by atoms with E-state index in [1.807, 2.05) is 12.1 Å². The van der Waals surface area contributed by atoms with Gasteiger partial charge in [0.15, 0.2) is 0 Å². The van der Waals surface area contributed by atoms with Crippen LogP contribution in [0, 0.1) is 0 Å². The third kappa shape index (κ3) is 1.94. The molecule has 0 aromatic heterocycles. The van der Waals surface area contributed by atoms with E-state index in [0.717, 1.165) is 13.1 Å². The maximum atomic E-state index is 5.09. The molecule has 0 amide bonds. The van der Waals surface area contributed by atoms with Gasteiger partial charge in [0.05, 0.1) is 7.11 Å². The fourth-order valence-corrected chi connectivity index (χ4v) is 1.33. The standard InChI is InChI=1S/C7H16N2O/c1-8-7-3-5-9(10-2)6-4-7/h7-8H,3-6H2,1-2H3. The van der Waals surface area contributed by atoms with Gasteiger partial charge in [-0.25, -0.2) is 0 Å². The quantitative estimate of drug-likeness (QED) is 0.600. The van der Waals surface area contributed by atoms with Crippen molar-refractivity contribution in [3.63, 3.8) is 0 Å². The number of nitrogens with one attached hydrogen (secondary N) is 1. The van der Waals surface area contributed by atoms with E-state index in [1.54, 1.807) is 7.11 Å². The Hall–Kier alpha value is -0.120. The molecule has 1 aliphatic heterocycles. The number of piperidine rings is 1. The molecular weight excluding hydrogens is 128 g/mol. The molecule has 0 saturated carbocycles. The van der Waals surface area contributed by atoms with Crippen molar-refractivity contribution in [2.75, 3.05) is 27.2 Å². The molecule has 0 aliphatic carbocycles. The molecule has 1 saturated heterocycles. The van der Waals surface area contributed by atoms with Crippen LogP contribution in [0.1, 0.15) is 12.8 Å². The van der Waals surface area contributed by atoms with E-state index in [0.29, 0.717) is 6.04 Å². The maximum absolute atomic E-state index is 5.09. The zero-order chi connectivity index (χ0) is 7.40. The monoisotopic (exact) mass is 144 g/mol. The van der Waals surface area contributed by atoms with Crippen LogP contribution in [-0.2, 0) is 4.84 Å². The van der Waals surface area contributed by atoms with Crippen molar-refractivity contribution in [1.29, 1.82) is 0 Å². The first-order valence-corrected chi connectivity index (χ1v) is 3.83. The van der Waals surface area contributed by atoms with Crippen LogP contribution in [0.15, 0.2) is 0 Å². The second-order valence-electron chi connectivity index (χ2n) is 2.67. The fraction of sp³-hybridized carbons (Fsp3) is 1.00. The summed E-state index contributed by atoms with van der Waals surface area (Å²) in [6, 6.07) is 0.700. The smallest absolute Gasteiger partial charge is 0.0575 e. The maximum Gasteiger partial charge on any atom is 0.0575 e. The van der Waals surface area contributed by atoms with Gasteiger partial charge in [0.2, 0.25) is 0 Å². The lowest BCUT2D eigenvalue weighted by molar-refractivity contribution is -0.144. The number of hydrogen-bond acceptors (Lipinski definition) is 3. The zero-order valence-corrected chi connectivity index (χ0v) is 6.76. The van der Waals surface area contributed by atoms with Crippen molar-refractivity contribution in [3.05, 3.63) is 0 Å². The lowest BCUT2D eigenvalue weighted by Gasteiger charge is -2.29. The van der Waals surface area contributed by atoms with Gasteiger partial charge in [-0.2, -0.15) is 5.06 Å². The minimum absolute atomic E-state index is 0.700. The molecule has 0 aromatic rings. The van der Waals surface area contributed by atoms with E-state index in [1.165, 1.54) is 12.8 Å². The summed E-state index contributed by atoms with van der Waals surface area (Å²) in [5.74, 6) is 0. The van der Waals surface area contributed by atoms with Crippen molar-refractivity contribution < 1.29 is 4.84 Å². The molecule has 1 heterocycles. The first-order chi connectivity index (χ1) is 4.86. The molecular formula is C7H16N2O. The Balaban J connectivity index is 2.17. The van der Waals surface area contributed by atoms with Crippen LogP contribution in [-0.4, -0.2) is 38.4 Å². The Labute approximate surface area is 62.3 Å². The Morgan fingerprint density at radius 2 is 2.00 bits per heavy atom. The highest BCUT2D eigenvalue weighted by atomic mass is 16.7. The number of hydroxylamine groups is 2. The lowest BCUT2D eigenvalue weighted by atomic mass is 10.1. The first-order valence-electron chi connectivity index (χ1n) is 3.83. The van der Waals surface area contributed by atoms with Crippen molar-refractivity contribution in [3.8, 4) is 0 Å². The van der Waals surface area contributed by atoms with Crippen LogP contribution in [0.25, 0.3) is 0 Å². The summed E-state index contributed by atoms with van der Waals surface area (Å²) in [5.41, 5.74) is 0. The fourth-order valence-electron chi connectivity index (χ4n) is 1.33. The molecule has 60 valence electrons. The normalized spacial score (nSPS) is 23.4. The molecule has 0 radical (unpaired) electrons. The van der Waals surface area contributed by atoms with E-state index in [-0.39, 0.29) is 0 Å². The van der Waals surface area contributed by atoms with Crippen molar-refractivity contribution in [1.82, 2.24) is 10.4 Å². The van der Waals surface area contributed by atoms with Crippen molar-refractivity contribution >= 4 is 0 Å². The largest absolute Gasteiger partial charge is 0.317 e. The molecule has 0 atom stereocenters. The molecule has 0 aromatic carbocycles. The Morgan fingerprint density at radius 1 is 1.40 bits per heavy atom. The summed E-state index contributed by atoms with van der Waals surface area (Å²) >= 11 is 0. The van der Waals surface area contributed by atoms with Gasteiger partial charge in [-0.15, -0.1) is 0 Å². The molecule has 1 N–H and O–H groups in total. The van der Waals surface area contributed by atoms with Gasteiger partial charge < -0.3 is 10.2 Å². The predicted molar refractivity (Wildman–Crippen MR) is 40.7 cm³/mol. The summed E-state index contributed by atoms with van der Waals surface area (Å²) in [6.45, 7) is 2.12. The van der Waals surface area contributed by atoms with E-state index in [2.05, 4.69) is 5.32 Å². The predicted octanol–water partition coefficient (Wildman–Crippen LogP) is 0.232. The summed E-state index contributed by atoms with van der Waals surface area (Å²) < 4.78 is 0. The molecule has 0 bridgehead atoms. The average Bonchev–Trinajstić information content (AvgIpc) is 2.05. The topological polar surface area (TPSA) is 24.5 Å². The van der Waals surface area contributed by atoms with Gasteiger partial charge in [-0.05, 0) is 19.9 Å². The Bertz CT molecular complexity index is 77.6. The molecule has 1 aliphatic rings. The minimum Gasteiger partial charge on any atom is -0.317 e. The van der Waals surface area contributed by atoms with Gasteiger partial charge in [-0.1, -0.05) is 0 Å². The molecule has 3 heteroatoms. The van der Waals surface area contributed by atoms with Crippen molar-refractivity contribution in [2.45, 2.75) is 18.9 Å². The number of hydrogen-bond donors (Lipinski definition) is 1. The van der Waals surface area contributed by atoms with Crippen LogP contribution >= 0.6 is 0 Å². The van der Waals surface area contributed by atoms with E-state index >= 15 is 0 Å². The Morgan fingerprint density at radius 3 is 2.40 bits per heavy atom. The average molecular weight is 144 g/mol. The highest BCUT2D eigenvalue weighted by Crippen LogP contribution is 2.08. The van der Waals surface area contributed by atoms with Crippen molar-refractivity contribution in [2.24, 2.45) is 0 Å². The highest BCUT2D eigenvalue weighted by molar-refractivity contribution is 4.71. The second-order valence-corrected chi connectivity index (χ2v) is 2.67.